The van der Waals surface area contributed by atoms with E-state index in [1.54, 1.807) is 10.9 Å². The second-order valence-electron chi connectivity index (χ2n) is 4.95. The van der Waals surface area contributed by atoms with E-state index in [-0.39, 0.29) is 11.9 Å². The van der Waals surface area contributed by atoms with Crippen molar-refractivity contribution in [2.45, 2.75) is 31.5 Å². The van der Waals surface area contributed by atoms with Gasteiger partial charge in [-0.1, -0.05) is 48.5 Å². The molecule has 0 spiro atoms. The first-order valence-electron chi connectivity index (χ1n) is 6.93. The largest absolute Gasteiger partial charge is 0.349 e. The van der Waals surface area contributed by atoms with Crippen molar-refractivity contribution in [2.24, 2.45) is 7.05 Å². The van der Waals surface area contributed by atoms with Crippen LogP contribution in [0.2, 0.25) is 0 Å². The van der Waals surface area contributed by atoms with Crippen molar-refractivity contribution < 1.29 is 4.79 Å². The summed E-state index contributed by atoms with van der Waals surface area (Å²) in [6.45, 7) is 4.13. The third-order valence-corrected chi connectivity index (χ3v) is 4.26. The zero-order valence-corrected chi connectivity index (χ0v) is 13.4. The standard InChI is InChI=1S/C15H20N4OS/c1-4-13(12-7-5-11(2)6-8-12)17-14(20)9-21-15-18-16-10-19(15)3/h5-8,10,13H,4,9H2,1-3H3,(H,17,20)/t13-/m0/s1. The van der Waals surface area contributed by atoms with Gasteiger partial charge in [-0.3, -0.25) is 4.79 Å². The average Bonchev–Trinajstić information content (AvgIpc) is 2.89. The lowest BCUT2D eigenvalue weighted by Crippen LogP contribution is -2.29. The first-order chi connectivity index (χ1) is 10.1. The molecule has 5 nitrogen and oxygen atoms in total. The molecule has 0 aliphatic rings. The molecule has 112 valence electrons. The molecule has 0 aliphatic carbocycles. The predicted octanol–water partition coefficient (Wildman–Crippen LogP) is 2.48. The van der Waals surface area contributed by atoms with Crippen LogP contribution in [-0.2, 0) is 11.8 Å². The van der Waals surface area contributed by atoms with Gasteiger partial charge in [-0.25, -0.2) is 0 Å². The van der Waals surface area contributed by atoms with E-state index in [4.69, 9.17) is 0 Å². The molecule has 0 unspecified atom stereocenters. The maximum Gasteiger partial charge on any atom is 0.230 e. The van der Waals surface area contributed by atoms with E-state index in [0.717, 1.165) is 17.1 Å². The summed E-state index contributed by atoms with van der Waals surface area (Å²) in [5.41, 5.74) is 2.36. The maximum absolute atomic E-state index is 12.1. The van der Waals surface area contributed by atoms with Crippen molar-refractivity contribution in [1.82, 2.24) is 20.1 Å². The smallest absolute Gasteiger partial charge is 0.230 e. The summed E-state index contributed by atoms with van der Waals surface area (Å²) in [5, 5.41) is 11.6. The Morgan fingerprint density at radius 2 is 2.10 bits per heavy atom. The number of thioether (sulfide) groups is 1. The Hall–Kier alpha value is -1.82. The zero-order valence-electron chi connectivity index (χ0n) is 12.5. The van der Waals surface area contributed by atoms with Gasteiger partial charge in [-0.2, -0.15) is 0 Å². The number of aryl methyl sites for hydroxylation is 2. The Bertz CT molecular complexity index is 594. The van der Waals surface area contributed by atoms with E-state index in [1.807, 2.05) is 7.05 Å². The monoisotopic (exact) mass is 304 g/mol. The van der Waals surface area contributed by atoms with Crippen LogP contribution in [0.3, 0.4) is 0 Å². The fourth-order valence-corrected chi connectivity index (χ4v) is 2.69. The number of carbonyl (C=O) groups excluding carboxylic acids is 1. The van der Waals surface area contributed by atoms with Crippen molar-refractivity contribution >= 4 is 17.7 Å². The van der Waals surface area contributed by atoms with Crippen LogP contribution in [0.5, 0.6) is 0 Å². The molecular weight excluding hydrogens is 284 g/mol. The average molecular weight is 304 g/mol. The predicted molar refractivity (Wildman–Crippen MR) is 84.1 cm³/mol. The van der Waals surface area contributed by atoms with Crippen LogP contribution < -0.4 is 5.32 Å². The molecule has 2 aromatic rings. The Labute approximate surface area is 129 Å². The number of carbonyl (C=O) groups is 1. The lowest BCUT2D eigenvalue weighted by molar-refractivity contribution is -0.119. The van der Waals surface area contributed by atoms with E-state index in [0.29, 0.717) is 5.75 Å². The molecule has 1 N–H and O–H groups in total. The summed E-state index contributed by atoms with van der Waals surface area (Å²) in [5.74, 6) is 0.352. The van der Waals surface area contributed by atoms with Crippen molar-refractivity contribution in [1.29, 1.82) is 0 Å². The molecule has 0 aliphatic heterocycles. The zero-order chi connectivity index (χ0) is 15.2. The van der Waals surface area contributed by atoms with Gasteiger partial charge in [0, 0.05) is 7.05 Å². The van der Waals surface area contributed by atoms with Crippen LogP contribution in [0.15, 0.2) is 35.7 Å². The van der Waals surface area contributed by atoms with Gasteiger partial charge < -0.3 is 9.88 Å². The van der Waals surface area contributed by atoms with Crippen molar-refractivity contribution in [3.63, 3.8) is 0 Å². The highest BCUT2D eigenvalue weighted by molar-refractivity contribution is 7.99. The molecule has 0 saturated heterocycles. The Morgan fingerprint density at radius 1 is 1.38 bits per heavy atom. The molecule has 0 fully saturated rings. The molecule has 6 heteroatoms. The van der Waals surface area contributed by atoms with E-state index in [9.17, 15) is 4.79 Å². The highest BCUT2D eigenvalue weighted by atomic mass is 32.2. The van der Waals surface area contributed by atoms with Crippen molar-refractivity contribution in [2.75, 3.05) is 5.75 Å². The number of nitrogens with one attached hydrogen (secondary N) is 1. The van der Waals surface area contributed by atoms with Crippen LogP contribution in [-0.4, -0.2) is 26.4 Å². The number of aromatic nitrogens is 3. The minimum absolute atomic E-state index is 0.00965. The van der Waals surface area contributed by atoms with Crippen LogP contribution in [0, 0.1) is 6.92 Å². The summed E-state index contributed by atoms with van der Waals surface area (Å²) < 4.78 is 1.80. The summed E-state index contributed by atoms with van der Waals surface area (Å²) in [6.07, 6.45) is 2.49. The molecular formula is C15H20N4OS. The highest BCUT2D eigenvalue weighted by Gasteiger charge is 2.13. The minimum Gasteiger partial charge on any atom is -0.349 e. The second kappa shape index (κ2) is 7.26. The van der Waals surface area contributed by atoms with E-state index in [2.05, 4.69) is 53.6 Å². The first-order valence-corrected chi connectivity index (χ1v) is 7.91. The summed E-state index contributed by atoms with van der Waals surface area (Å²) >= 11 is 1.39. The topological polar surface area (TPSA) is 59.8 Å². The number of rotatable bonds is 6. The van der Waals surface area contributed by atoms with Crippen molar-refractivity contribution in [3.8, 4) is 0 Å². The van der Waals surface area contributed by atoms with E-state index >= 15 is 0 Å². The molecule has 2 rings (SSSR count). The molecule has 0 radical (unpaired) electrons. The fraction of sp³-hybridized carbons (Fsp3) is 0.400. The molecule has 0 bridgehead atoms. The maximum atomic E-state index is 12.1. The molecule has 1 atom stereocenters. The summed E-state index contributed by atoms with van der Waals surface area (Å²) in [4.78, 5) is 12.1. The summed E-state index contributed by atoms with van der Waals surface area (Å²) in [6, 6.07) is 8.33. The van der Waals surface area contributed by atoms with Gasteiger partial charge in [0.2, 0.25) is 5.91 Å². The lowest BCUT2D eigenvalue weighted by atomic mass is 10.0. The Morgan fingerprint density at radius 3 is 2.67 bits per heavy atom. The molecule has 1 aromatic carbocycles. The quantitative estimate of drug-likeness (QED) is 0.833. The summed E-state index contributed by atoms with van der Waals surface area (Å²) in [7, 11) is 1.86. The van der Waals surface area contributed by atoms with Crippen LogP contribution in [0.25, 0.3) is 0 Å². The molecule has 1 aromatic heterocycles. The fourth-order valence-electron chi connectivity index (χ4n) is 1.99. The number of hydrogen-bond acceptors (Lipinski definition) is 4. The van der Waals surface area contributed by atoms with Gasteiger partial charge in [-0.05, 0) is 18.9 Å². The van der Waals surface area contributed by atoms with Gasteiger partial charge in [-0.15, -0.1) is 10.2 Å². The van der Waals surface area contributed by atoms with Crippen LogP contribution in [0.1, 0.15) is 30.5 Å². The van der Waals surface area contributed by atoms with Crippen molar-refractivity contribution in [3.05, 3.63) is 41.7 Å². The highest BCUT2D eigenvalue weighted by Crippen LogP contribution is 2.18. The molecule has 1 heterocycles. The molecule has 21 heavy (non-hydrogen) atoms. The van der Waals surface area contributed by atoms with Crippen LogP contribution >= 0.6 is 11.8 Å². The lowest BCUT2D eigenvalue weighted by Gasteiger charge is -2.17. The molecule has 0 saturated carbocycles. The third kappa shape index (κ3) is 4.32. The number of amides is 1. The van der Waals surface area contributed by atoms with Gasteiger partial charge >= 0.3 is 0 Å². The van der Waals surface area contributed by atoms with Gasteiger partial charge in [0.25, 0.3) is 0 Å². The molecule has 1 amide bonds. The minimum atomic E-state index is 0.00965. The van der Waals surface area contributed by atoms with E-state index < -0.39 is 0 Å². The number of hydrogen-bond donors (Lipinski definition) is 1. The van der Waals surface area contributed by atoms with E-state index in [1.165, 1.54) is 17.3 Å². The number of nitrogens with zero attached hydrogens (tertiary/aromatic N) is 3. The first kappa shape index (κ1) is 15.6. The SMILES string of the molecule is CC[C@H](NC(=O)CSc1nncn1C)c1ccc(C)cc1. The van der Waals surface area contributed by atoms with Gasteiger partial charge in [0.05, 0.1) is 11.8 Å². The van der Waals surface area contributed by atoms with Gasteiger partial charge in [0.15, 0.2) is 5.16 Å². The normalized spacial score (nSPS) is 12.1. The Balaban J connectivity index is 1.90. The van der Waals surface area contributed by atoms with Crippen LogP contribution in [0.4, 0.5) is 0 Å². The van der Waals surface area contributed by atoms with Gasteiger partial charge in [0.1, 0.15) is 6.33 Å². The number of benzene rings is 1. The Kier molecular flexibility index (Phi) is 5.38. The second-order valence-corrected chi connectivity index (χ2v) is 5.89. The third-order valence-electron chi connectivity index (χ3n) is 3.23.